The van der Waals surface area contributed by atoms with Crippen molar-refractivity contribution in [2.45, 2.75) is 68.7 Å². The Kier molecular flexibility index (Phi) is 12.0. The van der Waals surface area contributed by atoms with Crippen molar-refractivity contribution in [3.05, 3.63) is 53.9 Å². The summed E-state index contributed by atoms with van der Waals surface area (Å²) < 4.78 is 86.1. The average molecular weight is 818 g/mol. The number of ether oxygens (including phenoxy) is 2. The van der Waals surface area contributed by atoms with Crippen molar-refractivity contribution in [1.29, 1.82) is 0 Å². The second kappa shape index (κ2) is 16.6. The summed E-state index contributed by atoms with van der Waals surface area (Å²) in [7, 11) is -1.74. The summed E-state index contributed by atoms with van der Waals surface area (Å²) in [5, 5.41) is 3.91. The lowest BCUT2D eigenvalue weighted by Gasteiger charge is -2.46. The van der Waals surface area contributed by atoms with Gasteiger partial charge in [0.1, 0.15) is 28.5 Å². The van der Waals surface area contributed by atoms with Crippen molar-refractivity contribution in [3.63, 3.8) is 0 Å². The Labute approximate surface area is 330 Å². The number of rotatable bonds is 12. The number of hydrogen-bond donors (Lipinski definition) is 0. The van der Waals surface area contributed by atoms with Crippen molar-refractivity contribution >= 4 is 21.8 Å². The van der Waals surface area contributed by atoms with Crippen LogP contribution in [0.5, 0.6) is 11.5 Å². The van der Waals surface area contributed by atoms with Gasteiger partial charge < -0.3 is 28.7 Å². The van der Waals surface area contributed by atoms with Gasteiger partial charge in [0.25, 0.3) is 5.91 Å². The molecule has 7 rings (SSSR count). The number of alkyl halides is 3. The largest absolute Gasteiger partial charge is 0.455 e. The van der Waals surface area contributed by atoms with Crippen LogP contribution in [0.4, 0.5) is 18.0 Å². The minimum absolute atomic E-state index is 0.0608. The number of carbonyl (C=O) groups is 2. The molecule has 4 saturated heterocycles. The monoisotopic (exact) mass is 817 g/mol. The minimum atomic E-state index is -4.90. The van der Waals surface area contributed by atoms with E-state index in [-0.39, 0.29) is 52.0 Å². The molecule has 0 aliphatic carbocycles. The first-order chi connectivity index (χ1) is 27.1. The Balaban J connectivity index is 1.10. The molecule has 4 aliphatic rings. The molecular formula is C39H50F3N7O7S. The molecule has 0 N–H and O–H groups in total. The van der Waals surface area contributed by atoms with Crippen LogP contribution in [-0.4, -0.2) is 145 Å². The second-order valence-electron chi connectivity index (χ2n) is 15.8. The molecule has 0 radical (unpaired) electrons. The number of benzene rings is 2. The summed E-state index contributed by atoms with van der Waals surface area (Å²) in [5.41, 5.74) is -2.27. The molecule has 57 heavy (non-hydrogen) atoms. The molecule has 5 heterocycles. The van der Waals surface area contributed by atoms with E-state index in [9.17, 15) is 31.2 Å². The maximum atomic E-state index is 14.5. The summed E-state index contributed by atoms with van der Waals surface area (Å²) in [5.74, 6) is -1.92. The molecule has 4 fully saturated rings. The van der Waals surface area contributed by atoms with E-state index in [1.807, 2.05) is 0 Å². The van der Waals surface area contributed by atoms with Crippen LogP contribution in [0.1, 0.15) is 51.0 Å². The fraction of sp³-hybridized carbons (Fsp3) is 0.590. The highest BCUT2D eigenvalue weighted by molar-refractivity contribution is 7.91. The fourth-order valence-corrected chi connectivity index (χ4v) is 10.1. The zero-order valence-electron chi connectivity index (χ0n) is 32.5. The number of carbonyl (C=O) groups excluding carboxylic acids is 2. The normalized spacial score (nSPS) is 20.7. The van der Waals surface area contributed by atoms with Gasteiger partial charge in [-0.25, -0.2) is 13.2 Å². The summed E-state index contributed by atoms with van der Waals surface area (Å²) in [6.45, 7) is 10.1. The Bertz CT molecular complexity index is 2020. The summed E-state index contributed by atoms with van der Waals surface area (Å²) in [6, 6.07) is 8.70. The van der Waals surface area contributed by atoms with E-state index in [0.29, 0.717) is 58.3 Å². The lowest BCUT2D eigenvalue weighted by Crippen LogP contribution is -2.59. The number of sulfone groups is 1. The number of imide groups is 1. The number of nitrogens with zero attached hydrogens (tertiary/aromatic N) is 7. The smallest absolute Gasteiger partial charge is 0.420 e. The van der Waals surface area contributed by atoms with Crippen LogP contribution >= 0.6 is 0 Å². The molecule has 1 aromatic heterocycles. The zero-order chi connectivity index (χ0) is 40.5. The van der Waals surface area contributed by atoms with Gasteiger partial charge in [0.15, 0.2) is 9.84 Å². The molecule has 1 spiro atoms. The molecule has 14 nitrogen and oxygen atoms in total. The molecule has 4 aliphatic heterocycles. The molecule has 310 valence electrons. The van der Waals surface area contributed by atoms with Crippen molar-refractivity contribution in [2.75, 3.05) is 78.4 Å². The number of likely N-dealkylation sites (tertiary alicyclic amines) is 2. The first kappa shape index (κ1) is 41.1. The topological polar surface area (TPSA) is 142 Å². The molecule has 3 aromatic rings. The van der Waals surface area contributed by atoms with E-state index in [1.165, 1.54) is 30.3 Å². The highest BCUT2D eigenvalue weighted by atomic mass is 32.2. The van der Waals surface area contributed by atoms with Gasteiger partial charge in [0.2, 0.25) is 11.7 Å². The van der Waals surface area contributed by atoms with Crippen molar-refractivity contribution in [2.24, 2.45) is 5.92 Å². The third kappa shape index (κ3) is 8.84. The van der Waals surface area contributed by atoms with Gasteiger partial charge in [-0.1, -0.05) is 31.1 Å². The molecule has 0 atom stereocenters. The molecule has 2 aromatic carbocycles. The predicted octanol–water partition coefficient (Wildman–Crippen LogP) is 5.00. The lowest BCUT2D eigenvalue weighted by atomic mass is 9.84. The average Bonchev–Trinajstić information content (AvgIpc) is 3.72. The third-order valence-electron chi connectivity index (χ3n) is 11.5. The molecule has 18 heteroatoms. The number of para-hydroxylation sites is 1. The standard InChI is InChI=1S/C39H50F3N7O7S/c1-27(2)26-57(52,53)33-7-5-4-6-32(33)55-31-9-8-28(24-30(31)39(40,41)42)35-43-34(56-44-35)25-48-36(50)38(49(37(48)51)19-18-46-20-22-54-23-21-46)12-16-47(17-13-38)29-10-14-45(3)15-11-29/h4-9,24,27,29H,10-23,25-26H2,1-3H3. The van der Waals surface area contributed by atoms with Crippen LogP contribution in [-0.2, 0) is 32.1 Å². The van der Waals surface area contributed by atoms with Crippen molar-refractivity contribution in [3.8, 4) is 22.9 Å². The van der Waals surface area contributed by atoms with Crippen molar-refractivity contribution in [1.82, 2.24) is 34.6 Å². The number of morpholine rings is 1. The first-order valence-electron chi connectivity index (χ1n) is 19.5. The summed E-state index contributed by atoms with van der Waals surface area (Å²) in [6.07, 6.45) is -1.82. The number of urea groups is 1. The fourth-order valence-electron chi connectivity index (χ4n) is 8.39. The highest BCUT2D eigenvalue weighted by Crippen LogP contribution is 2.42. The number of hydrogen-bond acceptors (Lipinski definition) is 12. The Morgan fingerprint density at radius 1 is 0.947 bits per heavy atom. The summed E-state index contributed by atoms with van der Waals surface area (Å²) in [4.78, 5) is 42.4. The molecular weight excluding hydrogens is 768 g/mol. The number of aromatic nitrogens is 2. The SMILES string of the molecule is CC(C)CS(=O)(=O)c1ccccc1Oc1ccc(-c2noc(CN3C(=O)N(CCN4CCOCC4)C4(CCN(C5CCN(C)CC5)CC4)C3=O)n2)cc1C(F)(F)F. The van der Waals surface area contributed by atoms with Crippen LogP contribution in [0.25, 0.3) is 11.4 Å². The lowest BCUT2D eigenvalue weighted by molar-refractivity contribution is -0.138. The zero-order valence-corrected chi connectivity index (χ0v) is 33.4. The van der Waals surface area contributed by atoms with E-state index in [4.69, 9.17) is 14.0 Å². The van der Waals surface area contributed by atoms with E-state index in [0.717, 1.165) is 56.1 Å². The van der Waals surface area contributed by atoms with Gasteiger partial charge in [0.05, 0.1) is 24.5 Å². The van der Waals surface area contributed by atoms with Gasteiger partial charge in [-0.15, -0.1) is 0 Å². The Morgan fingerprint density at radius 2 is 1.65 bits per heavy atom. The van der Waals surface area contributed by atoms with Gasteiger partial charge >= 0.3 is 12.2 Å². The number of amides is 3. The molecule has 0 unspecified atom stereocenters. The maximum absolute atomic E-state index is 14.5. The van der Waals surface area contributed by atoms with Gasteiger partial charge in [-0.2, -0.15) is 18.2 Å². The van der Waals surface area contributed by atoms with Gasteiger partial charge in [0, 0.05) is 50.9 Å². The maximum Gasteiger partial charge on any atom is 0.420 e. The van der Waals surface area contributed by atoms with Crippen molar-refractivity contribution < 1.29 is 45.2 Å². The van der Waals surface area contributed by atoms with Gasteiger partial charge in [-0.05, 0) is 82.1 Å². The van der Waals surface area contributed by atoms with E-state index >= 15 is 0 Å². The second-order valence-corrected chi connectivity index (χ2v) is 17.8. The molecule has 0 saturated carbocycles. The highest BCUT2D eigenvalue weighted by Gasteiger charge is 2.58. The summed E-state index contributed by atoms with van der Waals surface area (Å²) >= 11 is 0. The Morgan fingerprint density at radius 3 is 2.33 bits per heavy atom. The molecule has 0 bridgehead atoms. The van der Waals surface area contributed by atoms with Gasteiger partial charge in [-0.3, -0.25) is 14.6 Å². The Hall–Kier alpha value is -4.10. The van der Waals surface area contributed by atoms with Crippen LogP contribution in [0.2, 0.25) is 0 Å². The van der Waals surface area contributed by atoms with Crippen LogP contribution < -0.4 is 4.74 Å². The number of halogens is 3. The van der Waals surface area contributed by atoms with Crippen LogP contribution in [0, 0.1) is 5.92 Å². The quantitative estimate of drug-likeness (QED) is 0.227. The van der Waals surface area contributed by atoms with E-state index < -0.39 is 38.9 Å². The molecule has 3 amide bonds. The van der Waals surface area contributed by atoms with E-state index in [2.05, 4.69) is 31.9 Å². The minimum Gasteiger partial charge on any atom is -0.455 e. The van der Waals surface area contributed by atoms with Crippen LogP contribution in [0.15, 0.2) is 51.9 Å². The number of piperidine rings is 2. The van der Waals surface area contributed by atoms with Crippen LogP contribution in [0.3, 0.4) is 0 Å². The van der Waals surface area contributed by atoms with E-state index in [1.54, 1.807) is 18.7 Å². The predicted molar refractivity (Wildman–Crippen MR) is 202 cm³/mol. The first-order valence-corrected chi connectivity index (χ1v) is 21.2. The third-order valence-corrected chi connectivity index (χ3v) is 13.6.